The van der Waals surface area contributed by atoms with Gasteiger partial charge >= 0.3 is 0 Å². The number of nitrogen functional groups attached to an aromatic ring is 1. The summed E-state index contributed by atoms with van der Waals surface area (Å²) < 4.78 is 0. The standard InChI is InChI=1S/C24H28N2.C16H19N/c1-23(2,3)16-9-7-15(8-10-16)19-14-21(25)22(26)20-13-17(24(4,5)6)11-12-18(19)20;1-16(2,3)14-8-4-12(5-9-14)13-6-10-15(17)11-7-13/h7-14,25-26H,1-6H3;4-11H,17H2,1-3H3. The molecule has 43 heavy (non-hydrogen) atoms. The minimum Gasteiger partial charge on any atom is -0.399 e. The zero-order chi connectivity index (χ0) is 31.7. The van der Waals surface area contributed by atoms with Crippen LogP contribution < -0.4 is 5.73 Å². The van der Waals surface area contributed by atoms with E-state index in [-0.39, 0.29) is 22.0 Å². The highest BCUT2D eigenvalue weighted by Gasteiger charge is 2.25. The van der Waals surface area contributed by atoms with Gasteiger partial charge in [0, 0.05) is 11.3 Å². The molecule has 0 spiro atoms. The second kappa shape index (κ2) is 11.8. The van der Waals surface area contributed by atoms with Crippen LogP contribution in [0.2, 0.25) is 0 Å². The Balaban J connectivity index is 0.000000215. The lowest BCUT2D eigenvalue weighted by molar-refractivity contribution is 0.590. The number of hydrogen-bond donors (Lipinski definition) is 3. The second-order valence-corrected chi connectivity index (χ2v) is 14.6. The smallest absolute Gasteiger partial charge is 0.0868 e. The Morgan fingerprint density at radius 2 is 0.860 bits per heavy atom. The van der Waals surface area contributed by atoms with Crippen LogP contribution in [-0.4, -0.2) is 11.4 Å². The highest BCUT2D eigenvalue weighted by molar-refractivity contribution is 6.53. The minimum absolute atomic E-state index is 0.0210. The Hall–Kier alpha value is -4.24. The third kappa shape index (κ3) is 7.40. The van der Waals surface area contributed by atoms with Crippen molar-refractivity contribution in [2.24, 2.45) is 0 Å². The third-order valence-corrected chi connectivity index (χ3v) is 8.06. The Bertz CT molecular complexity index is 1650. The van der Waals surface area contributed by atoms with Crippen LogP contribution in [0.25, 0.3) is 16.7 Å². The normalized spacial score (nSPS) is 13.6. The van der Waals surface area contributed by atoms with Gasteiger partial charge in [-0.25, -0.2) is 0 Å². The average Bonchev–Trinajstić information content (AvgIpc) is 2.94. The summed E-state index contributed by atoms with van der Waals surface area (Å²) in [5.74, 6) is 0. The number of hydrogen-bond acceptors (Lipinski definition) is 3. The van der Waals surface area contributed by atoms with Gasteiger partial charge in [0.15, 0.2) is 0 Å². The lowest BCUT2D eigenvalue weighted by Gasteiger charge is -2.25. The monoisotopic (exact) mass is 569 g/mol. The number of fused-ring (bicyclic) bond motifs is 1. The number of nitrogens with two attached hydrogens (primary N) is 1. The molecule has 0 saturated carbocycles. The predicted octanol–water partition coefficient (Wildman–Crippen LogP) is 10.3. The maximum absolute atomic E-state index is 8.38. The fourth-order valence-corrected chi connectivity index (χ4v) is 5.12. The van der Waals surface area contributed by atoms with Gasteiger partial charge in [-0.05, 0) is 85.0 Å². The molecule has 0 saturated heterocycles. The number of nitrogens with one attached hydrogen (secondary N) is 2. The molecule has 0 aliphatic heterocycles. The average molecular weight is 570 g/mol. The van der Waals surface area contributed by atoms with Gasteiger partial charge in [-0.3, -0.25) is 10.8 Å². The predicted molar refractivity (Wildman–Crippen MR) is 187 cm³/mol. The van der Waals surface area contributed by atoms with Crippen LogP contribution >= 0.6 is 0 Å². The largest absolute Gasteiger partial charge is 0.399 e. The maximum Gasteiger partial charge on any atom is 0.0868 e. The van der Waals surface area contributed by atoms with Crippen LogP contribution in [0.5, 0.6) is 0 Å². The van der Waals surface area contributed by atoms with Crippen LogP contribution in [-0.2, 0) is 16.2 Å². The summed E-state index contributed by atoms with van der Waals surface area (Å²) >= 11 is 0. The van der Waals surface area contributed by atoms with Gasteiger partial charge in [0.1, 0.15) is 0 Å². The van der Waals surface area contributed by atoms with E-state index in [1.54, 1.807) is 0 Å². The summed E-state index contributed by atoms with van der Waals surface area (Å²) in [5.41, 5.74) is 17.7. The maximum atomic E-state index is 8.38. The number of allylic oxidation sites excluding steroid dienone is 1. The van der Waals surface area contributed by atoms with Crippen LogP contribution in [0.1, 0.15) is 95.7 Å². The van der Waals surface area contributed by atoms with Crippen molar-refractivity contribution in [3.05, 3.63) is 130 Å². The van der Waals surface area contributed by atoms with E-state index in [4.69, 9.17) is 16.6 Å². The molecule has 1 aliphatic carbocycles. The molecule has 4 aromatic rings. The first kappa shape index (κ1) is 31.7. The van der Waals surface area contributed by atoms with E-state index in [0.29, 0.717) is 5.71 Å². The topological polar surface area (TPSA) is 73.7 Å². The van der Waals surface area contributed by atoms with Crippen molar-refractivity contribution in [1.82, 2.24) is 0 Å². The molecule has 0 unspecified atom stereocenters. The fraction of sp³-hybridized carbons (Fsp3) is 0.300. The molecule has 0 heterocycles. The molecule has 1 aliphatic rings. The van der Waals surface area contributed by atoms with Crippen molar-refractivity contribution < 1.29 is 0 Å². The van der Waals surface area contributed by atoms with Crippen molar-refractivity contribution in [3.8, 4) is 11.1 Å². The zero-order valence-electron chi connectivity index (χ0n) is 27.3. The van der Waals surface area contributed by atoms with Crippen molar-refractivity contribution in [2.45, 2.75) is 78.6 Å². The van der Waals surface area contributed by atoms with Crippen molar-refractivity contribution in [1.29, 1.82) is 10.8 Å². The Morgan fingerprint density at radius 1 is 0.465 bits per heavy atom. The summed E-state index contributed by atoms with van der Waals surface area (Å²) in [6.07, 6.45) is 1.83. The molecular formula is C40H47N3. The Kier molecular flexibility index (Phi) is 8.70. The zero-order valence-corrected chi connectivity index (χ0v) is 27.3. The Morgan fingerprint density at radius 3 is 1.30 bits per heavy atom. The molecule has 0 radical (unpaired) electrons. The summed E-state index contributed by atoms with van der Waals surface area (Å²) in [6.45, 7) is 19.8. The summed E-state index contributed by atoms with van der Waals surface area (Å²) in [4.78, 5) is 0. The highest BCUT2D eigenvalue weighted by atomic mass is 14.5. The summed E-state index contributed by atoms with van der Waals surface area (Å²) in [7, 11) is 0. The summed E-state index contributed by atoms with van der Waals surface area (Å²) in [5, 5.41) is 16.6. The molecule has 0 aromatic heterocycles. The highest BCUT2D eigenvalue weighted by Crippen LogP contribution is 2.35. The third-order valence-electron chi connectivity index (χ3n) is 8.06. The Labute approximate surface area is 258 Å². The first-order valence-corrected chi connectivity index (χ1v) is 15.1. The van der Waals surface area contributed by atoms with Gasteiger partial charge in [0.25, 0.3) is 0 Å². The van der Waals surface area contributed by atoms with E-state index in [2.05, 4.69) is 141 Å². The lowest BCUT2D eigenvalue weighted by Crippen LogP contribution is -2.21. The number of anilines is 1. The number of rotatable bonds is 2. The van der Waals surface area contributed by atoms with Gasteiger partial charge in [-0.2, -0.15) is 0 Å². The number of benzene rings is 4. The van der Waals surface area contributed by atoms with Crippen LogP contribution in [0, 0.1) is 10.8 Å². The molecule has 4 N–H and O–H groups in total. The van der Waals surface area contributed by atoms with E-state index >= 15 is 0 Å². The first-order chi connectivity index (χ1) is 19.9. The molecule has 4 aromatic carbocycles. The molecule has 0 bridgehead atoms. The van der Waals surface area contributed by atoms with Crippen molar-refractivity contribution in [3.63, 3.8) is 0 Å². The van der Waals surface area contributed by atoms with Gasteiger partial charge in [-0.15, -0.1) is 0 Å². The van der Waals surface area contributed by atoms with E-state index in [0.717, 1.165) is 28.0 Å². The van der Waals surface area contributed by atoms with Gasteiger partial charge < -0.3 is 5.73 Å². The fourth-order valence-electron chi connectivity index (χ4n) is 5.12. The molecule has 0 atom stereocenters. The van der Waals surface area contributed by atoms with Gasteiger partial charge in [0.05, 0.1) is 11.4 Å². The molecule has 5 rings (SSSR count). The quantitative estimate of drug-likeness (QED) is 0.206. The summed E-state index contributed by atoms with van der Waals surface area (Å²) in [6, 6.07) is 31.7. The van der Waals surface area contributed by atoms with Gasteiger partial charge in [0.2, 0.25) is 0 Å². The van der Waals surface area contributed by atoms with Crippen molar-refractivity contribution >= 4 is 22.7 Å². The van der Waals surface area contributed by atoms with E-state index < -0.39 is 0 Å². The van der Waals surface area contributed by atoms with E-state index in [9.17, 15) is 0 Å². The molecule has 222 valence electrons. The first-order valence-electron chi connectivity index (χ1n) is 15.1. The van der Waals surface area contributed by atoms with Crippen LogP contribution in [0.15, 0.2) is 97.1 Å². The molecule has 3 nitrogen and oxygen atoms in total. The minimum atomic E-state index is 0.0210. The van der Waals surface area contributed by atoms with Crippen molar-refractivity contribution in [2.75, 3.05) is 5.73 Å². The lowest BCUT2D eigenvalue weighted by atomic mass is 9.79. The molecular weight excluding hydrogens is 522 g/mol. The van der Waals surface area contributed by atoms with E-state index in [1.807, 2.05) is 18.2 Å². The van der Waals surface area contributed by atoms with Gasteiger partial charge in [-0.1, -0.05) is 135 Å². The molecule has 3 heteroatoms. The van der Waals surface area contributed by atoms with Crippen LogP contribution in [0.3, 0.4) is 0 Å². The van der Waals surface area contributed by atoms with E-state index in [1.165, 1.54) is 27.8 Å². The SMILES string of the molecule is CC(C)(C)c1ccc(-c2ccc(N)cc2)cc1.CC(C)(C)c1ccc(C2=CC(=N)C(=N)c3cc(C(C)(C)C)ccc32)cc1. The molecule has 0 amide bonds. The second-order valence-electron chi connectivity index (χ2n) is 14.6. The molecule has 0 fully saturated rings. The van der Waals surface area contributed by atoms with Crippen LogP contribution in [0.4, 0.5) is 5.69 Å².